The van der Waals surface area contributed by atoms with Crippen molar-refractivity contribution in [3.63, 3.8) is 0 Å². The minimum absolute atomic E-state index is 0.00301. The second kappa shape index (κ2) is 8.71. The van der Waals surface area contributed by atoms with E-state index in [2.05, 4.69) is 22.3 Å². The highest BCUT2D eigenvalue weighted by Gasteiger charge is 2.10. The Morgan fingerprint density at radius 2 is 2.14 bits per heavy atom. The number of hydrogen-bond acceptors (Lipinski definition) is 6. The fourth-order valence-corrected chi connectivity index (χ4v) is 3.49. The summed E-state index contributed by atoms with van der Waals surface area (Å²) in [6.45, 7) is 2.66. The van der Waals surface area contributed by atoms with Gasteiger partial charge in [0.2, 0.25) is 0 Å². The molecule has 6 nitrogen and oxygen atoms in total. The summed E-state index contributed by atoms with van der Waals surface area (Å²) in [5, 5.41) is 15.0. The first kappa shape index (κ1) is 19.6. The number of nitrogens with two attached hydrogens (primary N) is 1. The molecule has 28 heavy (non-hydrogen) atoms. The Hall–Kier alpha value is -3.13. The summed E-state index contributed by atoms with van der Waals surface area (Å²) in [6, 6.07) is 11.0. The van der Waals surface area contributed by atoms with Gasteiger partial charge in [-0.25, -0.2) is 9.37 Å². The van der Waals surface area contributed by atoms with Gasteiger partial charge in [0.15, 0.2) is 4.67 Å². The first-order chi connectivity index (χ1) is 13.5. The maximum atomic E-state index is 13.7. The Kier molecular flexibility index (Phi) is 6.10. The first-order valence-electron chi connectivity index (χ1n) is 8.85. The maximum absolute atomic E-state index is 13.7. The fourth-order valence-electron chi connectivity index (χ4n) is 2.68. The Morgan fingerprint density at radius 1 is 1.32 bits per heavy atom. The largest absolute Gasteiger partial charge is 0.352 e. The van der Waals surface area contributed by atoms with Crippen LogP contribution in [0.3, 0.4) is 0 Å². The van der Waals surface area contributed by atoms with E-state index in [1.807, 2.05) is 0 Å². The normalized spacial score (nSPS) is 11.6. The summed E-state index contributed by atoms with van der Waals surface area (Å²) >= 11 is 1.19. The van der Waals surface area contributed by atoms with E-state index in [0.29, 0.717) is 27.9 Å². The molecule has 0 radical (unpaired) electrons. The van der Waals surface area contributed by atoms with E-state index in [0.717, 1.165) is 12.8 Å². The zero-order chi connectivity index (χ0) is 20.1. The molecular formula is C20H20FN5OS. The van der Waals surface area contributed by atoms with E-state index in [4.69, 9.17) is 11.3 Å². The number of fused-ring (bicyclic) bond motifs is 1. The summed E-state index contributed by atoms with van der Waals surface area (Å²) in [4.78, 5) is 16.9. The maximum Gasteiger partial charge on any atom is 0.251 e. The number of rotatable bonds is 5. The van der Waals surface area contributed by atoms with Crippen LogP contribution >= 0.6 is 11.3 Å². The smallest absolute Gasteiger partial charge is 0.251 e. The molecule has 0 aliphatic heterocycles. The van der Waals surface area contributed by atoms with Crippen molar-refractivity contribution in [3.8, 4) is 11.3 Å². The third-order valence-corrected chi connectivity index (χ3v) is 5.21. The number of unbranched alkanes of at least 4 members (excludes halogenated alkanes) is 1. The highest BCUT2D eigenvalue weighted by molar-refractivity contribution is 7.15. The van der Waals surface area contributed by atoms with Crippen LogP contribution in [0.4, 0.5) is 4.39 Å². The highest BCUT2D eigenvalue weighted by Crippen LogP contribution is 2.19. The second-order valence-electron chi connectivity index (χ2n) is 6.17. The molecule has 144 valence electrons. The molecular weight excluding hydrogens is 377 g/mol. The van der Waals surface area contributed by atoms with Crippen molar-refractivity contribution in [2.45, 2.75) is 19.8 Å². The van der Waals surface area contributed by atoms with E-state index in [1.54, 1.807) is 30.3 Å². The van der Waals surface area contributed by atoms with Crippen molar-refractivity contribution in [3.05, 3.63) is 63.9 Å². The summed E-state index contributed by atoms with van der Waals surface area (Å²) in [7, 11) is 0. The summed E-state index contributed by atoms with van der Waals surface area (Å²) in [6.07, 6.45) is 1.90. The number of halogens is 1. The molecule has 0 aliphatic rings. The quantitative estimate of drug-likeness (QED) is 0.350. The molecule has 1 amide bonds. The average Bonchev–Trinajstić information content (AvgIpc) is 2.84. The van der Waals surface area contributed by atoms with Crippen LogP contribution < -0.4 is 21.2 Å². The highest BCUT2D eigenvalue weighted by atomic mass is 32.1. The minimum atomic E-state index is -0.430. The lowest BCUT2D eigenvalue weighted by molar-refractivity contribution is 0.0953. The third kappa shape index (κ3) is 4.23. The van der Waals surface area contributed by atoms with Crippen LogP contribution in [0, 0.1) is 11.2 Å². The number of nitrogens with zero attached hydrogens (tertiary/aromatic N) is 2. The van der Waals surface area contributed by atoms with Gasteiger partial charge >= 0.3 is 0 Å². The zero-order valence-corrected chi connectivity index (χ0v) is 16.1. The summed E-state index contributed by atoms with van der Waals surface area (Å²) in [5.74, 6) is 4.86. The third-order valence-electron chi connectivity index (χ3n) is 4.14. The standard InChI is InChI=1S/C20H20FN5OS/c1-2-3-9-24-19(27)13-7-8-16-15(11-13)25-18(17(22)20(26-23)28-16)12-5-4-6-14(21)10-12/h4-8,10-11,22H,2-3,9,23H2,1H3,(H,24,27). The molecule has 8 heteroatoms. The molecule has 0 saturated carbocycles. The van der Waals surface area contributed by atoms with Gasteiger partial charge in [-0.15, -0.1) is 11.3 Å². The monoisotopic (exact) mass is 397 g/mol. The van der Waals surface area contributed by atoms with Crippen molar-refractivity contribution in [2.75, 3.05) is 6.54 Å². The van der Waals surface area contributed by atoms with Crippen molar-refractivity contribution in [2.24, 2.45) is 10.9 Å². The fraction of sp³-hybridized carbons (Fsp3) is 0.200. The van der Waals surface area contributed by atoms with Gasteiger partial charge in [-0.05, 0) is 36.8 Å². The van der Waals surface area contributed by atoms with Crippen molar-refractivity contribution >= 4 is 27.5 Å². The van der Waals surface area contributed by atoms with E-state index in [1.165, 1.54) is 23.5 Å². The molecule has 3 rings (SSSR count). The molecule has 1 aromatic heterocycles. The van der Waals surface area contributed by atoms with Gasteiger partial charge in [-0.1, -0.05) is 25.5 Å². The minimum Gasteiger partial charge on any atom is -0.352 e. The van der Waals surface area contributed by atoms with Crippen LogP contribution in [0.5, 0.6) is 0 Å². The van der Waals surface area contributed by atoms with E-state index >= 15 is 0 Å². The molecule has 4 N–H and O–H groups in total. The molecule has 0 aliphatic carbocycles. The number of amides is 1. The van der Waals surface area contributed by atoms with Crippen LogP contribution in [0.15, 0.2) is 47.6 Å². The van der Waals surface area contributed by atoms with Crippen LogP contribution in [0.1, 0.15) is 30.1 Å². The molecule has 0 saturated heterocycles. The number of hydrogen-bond donors (Lipinski definition) is 3. The Balaban J connectivity index is 2.19. The van der Waals surface area contributed by atoms with E-state index < -0.39 is 5.82 Å². The Morgan fingerprint density at radius 3 is 2.86 bits per heavy atom. The first-order valence-corrected chi connectivity index (χ1v) is 9.67. The van der Waals surface area contributed by atoms with Crippen molar-refractivity contribution in [1.29, 1.82) is 5.41 Å². The predicted octanol–water partition coefficient (Wildman–Crippen LogP) is 2.89. The SMILES string of the molecule is CCCCNC(=O)c1ccc2sc(=NN)c(=N)c(-c3cccc(F)c3)nc2c1. The molecule has 0 unspecified atom stereocenters. The van der Waals surface area contributed by atoms with Crippen LogP contribution in [0.2, 0.25) is 0 Å². The lowest BCUT2D eigenvalue weighted by atomic mass is 10.1. The number of nitrogens with one attached hydrogen (secondary N) is 2. The number of carbonyl (C=O) groups excluding carboxylic acids is 1. The van der Waals surface area contributed by atoms with E-state index in [-0.39, 0.29) is 21.6 Å². The van der Waals surface area contributed by atoms with Crippen molar-refractivity contribution in [1.82, 2.24) is 10.3 Å². The molecule has 0 fully saturated rings. The van der Waals surface area contributed by atoms with E-state index in [9.17, 15) is 9.18 Å². The predicted molar refractivity (Wildman–Crippen MR) is 108 cm³/mol. The lowest BCUT2D eigenvalue weighted by Crippen LogP contribution is -2.24. The van der Waals surface area contributed by atoms with Gasteiger partial charge in [0, 0.05) is 17.7 Å². The van der Waals surface area contributed by atoms with Crippen LogP contribution in [-0.4, -0.2) is 17.4 Å². The molecule has 0 spiro atoms. The van der Waals surface area contributed by atoms with Gasteiger partial charge in [-0.3, -0.25) is 10.2 Å². The average molecular weight is 397 g/mol. The van der Waals surface area contributed by atoms with Gasteiger partial charge in [0.1, 0.15) is 11.2 Å². The lowest BCUT2D eigenvalue weighted by Gasteiger charge is -2.04. The Labute approximate surface area is 165 Å². The number of benzene rings is 2. The summed E-state index contributed by atoms with van der Waals surface area (Å²) < 4.78 is 14.7. The topological polar surface area (TPSA) is 104 Å². The van der Waals surface area contributed by atoms with Crippen LogP contribution in [-0.2, 0) is 0 Å². The molecule has 0 bridgehead atoms. The second-order valence-corrected chi connectivity index (χ2v) is 7.20. The number of aromatic nitrogens is 1. The van der Waals surface area contributed by atoms with Crippen molar-refractivity contribution < 1.29 is 9.18 Å². The van der Waals surface area contributed by atoms with Gasteiger partial charge in [0.05, 0.1) is 15.9 Å². The molecule has 1 heterocycles. The zero-order valence-electron chi connectivity index (χ0n) is 15.3. The summed E-state index contributed by atoms with van der Waals surface area (Å²) in [5.41, 5.74) is 1.67. The molecule has 0 atom stereocenters. The van der Waals surface area contributed by atoms with Crippen LogP contribution in [0.25, 0.3) is 21.5 Å². The van der Waals surface area contributed by atoms with Gasteiger partial charge in [-0.2, -0.15) is 5.10 Å². The van der Waals surface area contributed by atoms with Gasteiger partial charge in [0.25, 0.3) is 5.91 Å². The molecule has 2 aromatic carbocycles. The number of carbonyl (C=O) groups is 1. The molecule has 3 aromatic rings. The van der Waals surface area contributed by atoms with Gasteiger partial charge < -0.3 is 11.2 Å². The Bertz CT molecular complexity index is 1160.